The highest BCUT2D eigenvalue weighted by Gasteiger charge is 2.15. The number of aliphatic hydroxyl groups excluding tert-OH is 1. The Morgan fingerprint density at radius 1 is 1.00 bits per heavy atom. The highest BCUT2D eigenvalue weighted by Crippen LogP contribution is 2.13. The van der Waals surface area contributed by atoms with Crippen LogP contribution < -0.4 is 4.90 Å². The van der Waals surface area contributed by atoms with E-state index >= 15 is 0 Å². The quantitative estimate of drug-likeness (QED) is 0.852. The lowest BCUT2D eigenvalue weighted by molar-refractivity contribution is -0.128. The monoisotopic (exact) mass is 298 g/mol. The number of para-hydroxylation sites is 1. The van der Waals surface area contributed by atoms with E-state index in [0.717, 1.165) is 11.3 Å². The number of rotatable bonds is 7. The van der Waals surface area contributed by atoms with E-state index in [1.165, 1.54) is 0 Å². The smallest absolute Gasteiger partial charge is 0.242 e. The second kappa shape index (κ2) is 8.20. The maximum absolute atomic E-state index is 12.4. The number of hydrogen-bond acceptors (Lipinski definition) is 3. The molecule has 0 fully saturated rings. The zero-order valence-electron chi connectivity index (χ0n) is 12.9. The molecule has 0 aromatic heterocycles. The molecule has 2 aromatic carbocycles. The van der Waals surface area contributed by atoms with Crippen LogP contribution in [0, 0.1) is 0 Å². The van der Waals surface area contributed by atoms with Crippen molar-refractivity contribution >= 4 is 11.6 Å². The van der Waals surface area contributed by atoms with E-state index in [0.29, 0.717) is 13.1 Å². The Bertz CT molecular complexity index is 572. The SMILES string of the molecule is CN(Cc1ccccc1)C(=O)CN(CCO)c1ccccc1. The summed E-state index contributed by atoms with van der Waals surface area (Å²) in [6.45, 7) is 1.30. The summed E-state index contributed by atoms with van der Waals surface area (Å²) in [6, 6.07) is 19.6. The number of carbonyl (C=O) groups excluding carboxylic acids is 1. The van der Waals surface area contributed by atoms with Crippen molar-refractivity contribution in [3.8, 4) is 0 Å². The van der Waals surface area contributed by atoms with Crippen LogP contribution >= 0.6 is 0 Å². The highest BCUT2D eigenvalue weighted by molar-refractivity contribution is 5.81. The first kappa shape index (κ1) is 16.0. The van der Waals surface area contributed by atoms with Gasteiger partial charge in [-0.05, 0) is 17.7 Å². The topological polar surface area (TPSA) is 43.8 Å². The molecule has 2 rings (SSSR count). The van der Waals surface area contributed by atoms with Crippen molar-refractivity contribution in [1.29, 1.82) is 0 Å². The number of likely N-dealkylation sites (N-methyl/N-ethyl adjacent to an activating group) is 1. The molecular formula is C18H22N2O2. The number of carbonyl (C=O) groups is 1. The molecule has 22 heavy (non-hydrogen) atoms. The van der Waals surface area contributed by atoms with Crippen LogP contribution in [0.4, 0.5) is 5.69 Å². The van der Waals surface area contributed by atoms with Gasteiger partial charge in [0.05, 0.1) is 13.2 Å². The molecule has 0 saturated carbocycles. The van der Waals surface area contributed by atoms with Gasteiger partial charge in [0.2, 0.25) is 5.91 Å². The van der Waals surface area contributed by atoms with Crippen molar-refractivity contribution in [2.45, 2.75) is 6.54 Å². The zero-order valence-corrected chi connectivity index (χ0v) is 12.9. The molecule has 0 unspecified atom stereocenters. The number of hydrogen-bond donors (Lipinski definition) is 1. The number of nitrogens with zero attached hydrogens (tertiary/aromatic N) is 2. The second-order valence-electron chi connectivity index (χ2n) is 5.22. The van der Waals surface area contributed by atoms with E-state index in [1.54, 1.807) is 11.9 Å². The third-order valence-corrected chi connectivity index (χ3v) is 3.51. The average molecular weight is 298 g/mol. The molecule has 0 atom stereocenters. The molecule has 0 spiro atoms. The third kappa shape index (κ3) is 4.60. The van der Waals surface area contributed by atoms with Gasteiger partial charge in [-0.15, -0.1) is 0 Å². The van der Waals surface area contributed by atoms with E-state index in [4.69, 9.17) is 0 Å². The Balaban J connectivity index is 1.98. The Labute approximate surface area is 131 Å². The molecule has 2 aromatic rings. The van der Waals surface area contributed by atoms with Gasteiger partial charge in [0.1, 0.15) is 0 Å². The number of anilines is 1. The van der Waals surface area contributed by atoms with E-state index in [-0.39, 0.29) is 19.1 Å². The van der Waals surface area contributed by atoms with Crippen LogP contribution in [-0.4, -0.2) is 42.7 Å². The van der Waals surface area contributed by atoms with Crippen molar-refractivity contribution in [2.75, 3.05) is 31.6 Å². The van der Waals surface area contributed by atoms with Gasteiger partial charge in [-0.2, -0.15) is 0 Å². The minimum atomic E-state index is 0.0184. The summed E-state index contributed by atoms with van der Waals surface area (Å²) in [4.78, 5) is 16.0. The Hall–Kier alpha value is -2.33. The van der Waals surface area contributed by atoms with E-state index in [2.05, 4.69) is 0 Å². The molecule has 4 nitrogen and oxygen atoms in total. The summed E-state index contributed by atoms with van der Waals surface area (Å²) in [5, 5.41) is 9.22. The van der Waals surface area contributed by atoms with Crippen LogP contribution in [0.5, 0.6) is 0 Å². The number of aliphatic hydroxyl groups is 1. The largest absolute Gasteiger partial charge is 0.395 e. The van der Waals surface area contributed by atoms with Gasteiger partial charge in [0.15, 0.2) is 0 Å². The van der Waals surface area contributed by atoms with Gasteiger partial charge in [-0.25, -0.2) is 0 Å². The van der Waals surface area contributed by atoms with Gasteiger partial charge in [-0.1, -0.05) is 48.5 Å². The fourth-order valence-corrected chi connectivity index (χ4v) is 2.29. The van der Waals surface area contributed by atoms with Gasteiger partial charge < -0.3 is 14.9 Å². The molecule has 0 aliphatic rings. The average Bonchev–Trinajstić information content (AvgIpc) is 2.56. The molecule has 0 aliphatic carbocycles. The van der Waals surface area contributed by atoms with Crippen molar-refractivity contribution in [3.05, 3.63) is 66.2 Å². The Morgan fingerprint density at radius 2 is 1.59 bits per heavy atom. The molecule has 116 valence electrons. The van der Waals surface area contributed by atoms with Gasteiger partial charge in [0.25, 0.3) is 0 Å². The first-order chi connectivity index (χ1) is 10.7. The third-order valence-electron chi connectivity index (χ3n) is 3.51. The van der Waals surface area contributed by atoms with Crippen molar-refractivity contribution in [3.63, 3.8) is 0 Å². The summed E-state index contributed by atoms with van der Waals surface area (Å²) in [5.41, 5.74) is 2.05. The molecule has 0 aliphatic heterocycles. The molecule has 0 radical (unpaired) electrons. The lowest BCUT2D eigenvalue weighted by atomic mass is 10.2. The summed E-state index contributed by atoms with van der Waals surface area (Å²) < 4.78 is 0. The molecule has 0 heterocycles. The lowest BCUT2D eigenvalue weighted by Gasteiger charge is -2.26. The summed E-state index contributed by atoms with van der Waals surface area (Å²) >= 11 is 0. The Morgan fingerprint density at radius 3 is 2.18 bits per heavy atom. The summed E-state index contributed by atoms with van der Waals surface area (Å²) in [5.74, 6) is 0.0288. The fraction of sp³-hybridized carbons (Fsp3) is 0.278. The van der Waals surface area contributed by atoms with E-state index in [9.17, 15) is 9.90 Å². The molecular weight excluding hydrogens is 276 g/mol. The first-order valence-corrected chi connectivity index (χ1v) is 7.39. The van der Waals surface area contributed by atoms with Gasteiger partial charge in [-0.3, -0.25) is 4.79 Å². The van der Waals surface area contributed by atoms with Crippen molar-refractivity contribution < 1.29 is 9.90 Å². The van der Waals surface area contributed by atoms with Crippen LogP contribution in [0.1, 0.15) is 5.56 Å². The standard InChI is InChI=1S/C18H22N2O2/c1-19(14-16-8-4-2-5-9-16)18(22)15-20(12-13-21)17-10-6-3-7-11-17/h2-11,21H,12-15H2,1H3. The summed E-state index contributed by atoms with van der Waals surface area (Å²) in [7, 11) is 1.80. The zero-order chi connectivity index (χ0) is 15.8. The molecule has 0 bridgehead atoms. The van der Waals surface area contributed by atoms with Crippen LogP contribution in [0.3, 0.4) is 0 Å². The van der Waals surface area contributed by atoms with Crippen LogP contribution in [0.2, 0.25) is 0 Å². The van der Waals surface area contributed by atoms with Crippen LogP contribution in [0.15, 0.2) is 60.7 Å². The minimum absolute atomic E-state index is 0.0184. The van der Waals surface area contributed by atoms with Crippen LogP contribution in [-0.2, 0) is 11.3 Å². The van der Waals surface area contributed by atoms with Gasteiger partial charge in [0, 0.05) is 25.8 Å². The molecule has 1 amide bonds. The van der Waals surface area contributed by atoms with E-state index < -0.39 is 0 Å². The second-order valence-corrected chi connectivity index (χ2v) is 5.22. The molecule has 1 N–H and O–H groups in total. The molecule has 0 saturated heterocycles. The van der Waals surface area contributed by atoms with Crippen LogP contribution in [0.25, 0.3) is 0 Å². The predicted octanol–water partition coefficient (Wildman–Crippen LogP) is 2.14. The van der Waals surface area contributed by atoms with E-state index in [1.807, 2.05) is 65.6 Å². The maximum Gasteiger partial charge on any atom is 0.242 e. The minimum Gasteiger partial charge on any atom is -0.395 e. The first-order valence-electron chi connectivity index (χ1n) is 7.39. The predicted molar refractivity (Wildman–Crippen MR) is 88.7 cm³/mol. The highest BCUT2D eigenvalue weighted by atomic mass is 16.3. The van der Waals surface area contributed by atoms with Crippen molar-refractivity contribution in [1.82, 2.24) is 4.90 Å². The normalized spacial score (nSPS) is 10.3. The number of amides is 1. The van der Waals surface area contributed by atoms with Crippen molar-refractivity contribution in [2.24, 2.45) is 0 Å². The van der Waals surface area contributed by atoms with Gasteiger partial charge >= 0.3 is 0 Å². The fourth-order valence-electron chi connectivity index (χ4n) is 2.29. The maximum atomic E-state index is 12.4. The molecule has 4 heteroatoms. The Kier molecular flexibility index (Phi) is 5.98. The lowest BCUT2D eigenvalue weighted by Crippen LogP contribution is -2.39. The summed E-state index contributed by atoms with van der Waals surface area (Å²) in [6.07, 6.45) is 0. The number of benzene rings is 2.